The second-order valence-electron chi connectivity index (χ2n) is 3.23. The molecule has 0 atom stereocenters. The van der Waals surface area contributed by atoms with Gasteiger partial charge in [0.1, 0.15) is 4.34 Å². The summed E-state index contributed by atoms with van der Waals surface area (Å²) in [6.45, 7) is 0. The molecule has 0 fully saturated rings. The quantitative estimate of drug-likeness (QED) is 0.693. The number of carbonyl (C=O) groups excluding carboxylic acids is 1. The van der Waals surface area contributed by atoms with Gasteiger partial charge in [-0.3, -0.25) is 20.2 Å². The molecule has 1 aromatic heterocycles. The Bertz CT molecular complexity index is 597. The lowest BCUT2D eigenvalue weighted by atomic mass is 10.2. The molecule has 2 rings (SSSR count). The molecule has 0 saturated carbocycles. The van der Waals surface area contributed by atoms with Crippen molar-refractivity contribution in [2.24, 2.45) is 0 Å². The summed E-state index contributed by atoms with van der Waals surface area (Å²) in [4.78, 5) is 25.6. The Kier molecular flexibility index (Phi) is 3.54. The van der Waals surface area contributed by atoms with Crippen LogP contribution in [-0.2, 0) is 0 Å². The number of anilines is 1. The van der Waals surface area contributed by atoms with Gasteiger partial charge in [0.2, 0.25) is 0 Å². The molecule has 2 aromatic rings. The molecule has 0 bridgehead atoms. The summed E-state index contributed by atoms with van der Waals surface area (Å²) in [5.74, 6) is -0.393. The summed E-state index contributed by atoms with van der Waals surface area (Å²) >= 11 is 6.81. The number of nitrogens with one attached hydrogen (secondary N) is 1. The SMILES string of the molecule is O=C(Nc1ncc(Cl)s1)c1ccc([N+](=O)[O-])cc1. The van der Waals surface area contributed by atoms with E-state index in [1.54, 1.807) is 0 Å². The molecular weight excluding hydrogens is 278 g/mol. The molecule has 8 heteroatoms. The first-order chi connectivity index (χ1) is 8.56. The first kappa shape index (κ1) is 12.5. The lowest BCUT2D eigenvalue weighted by Crippen LogP contribution is -2.11. The molecule has 1 amide bonds. The fraction of sp³-hybridized carbons (Fsp3) is 0. The molecule has 0 aliphatic rings. The van der Waals surface area contributed by atoms with E-state index in [0.717, 1.165) is 11.3 Å². The van der Waals surface area contributed by atoms with Crippen molar-refractivity contribution in [2.45, 2.75) is 0 Å². The van der Waals surface area contributed by atoms with Crippen LogP contribution in [0.15, 0.2) is 30.5 Å². The molecule has 0 aliphatic carbocycles. The zero-order chi connectivity index (χ0) is 13.1. The van der Waals surface area contributed by atoms with E-state index in [9.17, 15) is 14.9 Å². The maximum Gasteiger partial charge on any atom is 0.269 e. The minimum absolute atomic E-state index is 0.0659. The van der Waals surface area contributed by atoms with Crippen LogP contribution in [0.25, 0.3) is 0 Å². The van der Waals surface area contributed by atoms with Crippen LogP contribution in [0.2, 0.25) is 4.34 Å². The molecule has 1 heterocycles. The minimum atomic E-state index is -0.526. The number of hydrogen-bond acceptors (Lipinski definition) is 5. The third-order valence-electron chi connectivity index (χ3n) is 2.04. The van der Waals surface area contributed by atoms with Gasteiger partial charge in [0.15, 0.2) is 5.13 Å². The molecule has 6 nitrogen and oxygen atoms in total. The molecule has 0 saturated heterocycles. The number of aromatic nitrogens is 1. The van der Waals surface area contributed by atoms with Crippen LogP contribution in [0.4, 0.5) is 10.8 Å². The van der Waals surface area contributed by atoms with E-state index >= 15 is 0 Å². The summed E-state index contributed by atoms with van der Waals surface area (Å²) in [6, 6.07) is 5.29. The average molecular weight is 284 g/mol. The topological polar surface area (TPSA) is 85.1 Å². The van der Waals surface area contributed by atoms with Crippen molar-refractivity contribution in [3.63, 3.8) is 0 Å². The number of amides is 1. The highest BCUT2D eigenvalue weighted by atomic mass is 35.5. The van der Waals surface area contributed by atoms with Crippen LogP contribution in [0.5, 0.6) is 0 Å². The van der Waals surface area contributed by atoms with Gasteiger partial charge in [-0.05, 0) is 12.1 Å². The van der Waals surface area contributed by atoms with E-state index in [-0.39, 0.29) is 5.69 Å². The second-order valence-corrected chi connectivity index (χ2v) is 4.89. The van der Waals surface area contributed by atoms with Gasteiger partial charge in [-0.2, -0.15) is 0 Å². The Balaban J connectivity index is 2.11. The Morgan fingerprint density at radius 2 is 2.06 bits per heavy atom. The predicted molar refractivity (Wildman–Crippen MR) is 68.2 cm³/mol. The first-order valence-electron chi connectivity index (χ1n) is 4.73. The van der Waals surface area contributed by atoms with E-state index in [1.165, 1.54) is 30.5 Å². The predicted octanol–water partition coefficient (Wildman–Crippen LogP) is 2.96. The maximum absolute atomic E-state index is 11.7. The molecule has 1 N–H and O–H groups in total. The van der Waals surface area contributed by atoms with Crippen molar-refractivity contribution in [2.75, 3.05) is 5.32 Å². The van der Waals surface area contributed by atoms with Gasteiger partial charge in [0.25, 0.3) is 11.6 Å². The van der Waals surface area contributed by atoms with Crippen LogP contribution in [-0.4, -0.2) is 15.8 Å². The zero-order valence-corrected chi connectivity index (χ0v) is 10.4. The van der Waals surface area contributed by atoms with E-state index in [4.69, 9.17) is 11.6 Å². The Morgan fingerprint density at radius 3 is 2.56 bits per heavy atom. The van der Waals surface area contributed by atoms with Gasteiger partial charge in [-0.15, -0.1) is 0 Å². The van der Waals surface area contributed by atoms with Crippen molar-refractivity contribution in [1.82, 2.24) is 4.98 Å². The molecule has 0 aliphatic heterocycles. The van der Waals surface area contributed by atoms with Crippen molar-refractivity contribution in [3.8, 4) is 0 Å². The van der Waals surface area contributed by atoms with E-state index in [0.29, 0.717) is 15.0 Å². The van der Waals surface area contributed by atoms with E-state index < -0.39 is 10.8 Å². The molecule has 92 valence electrons. The number of nitrogens with zero attached hydrogens (tertiary/aromatic N) is 2. The van der Waals surface area contributed by atoms with Crippen molar-refractivity contribution in [1.29, 1.82) is 0 Å². The number of carbonyl (C=O) groups is 1. The fourth-order valence-corrected chi connectivity index (χ4v) is 2.02. The van der Waals surface area contributed by atoms with Crippen molar-refractivity contribution in [3.05, 3.63) is 50.5 Å². The summed E-state index contributed by atoms with van der Waals surface area (Å²) < 4.78 is 0.467. The number of benzene rings is 1. The van der Waals surface area contributed by atoms with Gasteiger partial charge >= 0.3 is 0 Å². The van der Waals surface area contributed by atoms with E-state index in [1.807, 2.05) is 0 Å². The summed E-state index contributed by atoms with van der Waals surface area (Å²) in [5, 5.41) is 13.4. The lowest BCUT2D eigenvalue weighted by Gasteiger charge is -2.00. The van der Waals surface area contributed by atoms with Gasteiger partial charge in [0.05, 0.1) is 11.1 Å². The number of nitro benzene ring substituents is 1. The zero-order valence-electron chi connectivity index (χ0n) is 8.79. The van der Waals surface area contributed by atoms with Crippen molar-refractivity contribution < 1.29 is 9.72 Å². The average Bonchev–Trinajstić information content (AvgIpc) is 2.75. The van der Waals surface area contributed by atoms with Crippen LogP contribution in [0, 0.1) is 10.1 Å². The molecule has 0 spiro atoms. The highest BCUT2D eigenvalue weighted by molar-refractivity contribution is 7.19. The van der Waals surface area contributed by atoms with Crippen LogP contribution >= 0.6 is 22.9 Å². The van der Waals surface area contributed by atoms with E-state index in [2.05, 4.69) is 10.3 Å². The smallest absolute Gasteiger partial charge is 0.269 e. The standard InChI is InChI=1S/C10H6ClN3O3S/c11-8-5-12-10(18-8)13-9(15)6-1-3-7(4-2-6)14(16)17/h1-5H,(H,12,13,15). The number of halogens is 1. The summed E-state index contributed by atoms with van der Waals surface area (Å²) in [5.41, 5.74) is 0.246. The Morgan fingerprint density at radius 1 is 1.39 bits per heavy atom. The van der Waals surface area contributed by atoms with Gasteiger partial charge in [0, 0.05) is 17.7 Å². The van der Waals surface area contributed by atoms with Gasteiger partial charge in [-0.1, -0.05) is 22.9 Å². The number of hydrogen-bond donors (Lipinski definition) is 1. The lowest BCUT2D eigenvalue weighted by molar-refractivity contribution is -0.384. The number of nitro groups is 1. The van der Waals surface area contributed by atoms with Gasteiger partial charge < -0.3 is 0 Å². The second kappa shape index (κ2) is 5.11. The Hall–Kier alpha value is -1.99. The molecule has 0 radical (unpaired) electrons. The first-order valence-corrected chi connectivity index (χ1v) is 5.93. The molecule has 1 aromatic carbocycles. The number of non-ortho nitro benzene ring substituents is 1. The third-order valence-corrected chi connectivity index (χ3v) is 3.07. The van der Waals surface area contributed by atoms with Crippen LogP contribution in [0.1, 0.15) is 10.4 Å². The highest BCUT2D eigenvalue weighted by Crippen LogP contribution is 2.23. The highest BCUT2D eigenvalue weighted by Gasteiger charge is 2.11. The summed E-state index contributed by atoms with van der Waals surface area (Å²) in [7, 11) is 0. The fourth-order valence-electron chi connectivity index (χ4n) is 1.22. The molecule has 18 heavy (non-hydrogen) atoms. The van der Waals surface area contributed by atoms with Crippen LogP contribution < -0.4 is 5.32 Å². The normalized spacial score (nSPS) is 10.1. The number of rotatable bonds is 3. The van der Waals surface area contributed by atoms with Crippen LogP contribution in [0.3, 0.4) is 0 Å². The number of thiazole rings is 1. The summed E-state index contributed by atoms with van der Waals surface area (Å²) in [6.07, 6.45) is 1.43. The van der Waals surface area contributed by atoms with Gasteiger partial charge in [-0.25, -0.2) is 4.98 Å². The molecule has 0 unspecified atom stereocenters. The third kappa shape index (κ3) is 2.82. The monoisotopic (exact) mass is 283 g/mol. The largest absolute Gasteiger partial charge is 0.298 e. The Labute approximate surface area is 110 Å². The van der Waals surface area contributed by atoms with Crippen molar-refractivity contribution >= 4 is 39.7 Å². The molecular formula is C10H6ClN3O3S. The maximum atomic E-state index is 11.7. The minimum Gasteiger partial charge on any atom is -0.298 e.